The lowest BCUT2D eigenvalue weighted by Crippen LogP contribution is -2.34. The summed E-state index contributed by atoms with van der Waals surface area (Å²) in [6.45, 7) is 1.46. The van der Waals surface area contributed by atoms with Crippen molar-refractivity contribution in [2.75, 3.05) is 20.7 Å². The number of ether oxygens (including phenoxy) is 1. The highest BCUT2D eigenvalue weighted by atomic mass is 32.2. The number of methoxy groups -OCH3 is 1. The van der Waals surface area contributed by atoms with Crippen molar-refractivity contribution in [1.29, 1.82) is 0 Å². The van der Waals surface area contributed by atoms with Gasteiger partial charge < -0.3 is 14.9 Å². The quantitative estimate of drug-likeness (QED) is 0.423. The van der Waals surface area contributed by atoms with Gasteiger partial charge in [0.2, 0.25) is 10.0 Å². The summed E-state index contributed by atoms with van der Waals surface area (Å²) in [6, 6.07) is 2.10. The van der Waals surface area contributed by atoms with Crippen LogP contribution in [-0.4, -0.2) is 49.3 Å². The number of carbonyl (C=O) groups excluding carboxylic acids is 1. The van der Waals surface area contributed by atoms with E-state index >= 15 is 0 Å². The molecule has 9 nitrogen and oxygen atoms in total. The van der Waals surface area contributed by atoms with Gasteiger partial charge in [0.05, 0.1) is 13.0 Å². The number of pyridine rings is 1. The molecule has 0 spiro atoms. The molecule has 0 radical (unpaired) electrons. The topological polar surface area (TPSA) is 120 Å². The van der Waals surface area contributed by atoms with Crippen LogP contribution >= 0.6 is 0 Å². The van der Waals surface area contributed by atoms with Gasteiger partial charge in [-0.05, 0) is 16.0 Å². The fraction of sp³-hybridized carbons (Fsp3) is 0.455. The molecule has 0 amide bonds. The number of rotatable bonds is 6. The number of aromatic nitrogens is 1. The van der Waals surface area contributed by atoms with Gasteiger partial charge in [0.1, 0.15) is 4.90 Å². The van der Waals surface area contributed by atoms with E-state index in [9.17, 15) is 23.3 Å². The van der Waals surface area contributed by atoms with Crippen molar-refractivity contribution in [2.45, 2.75) is 11.8 Å². The average Bonchev–Trinajstić information content (AvgIpc) is 2.46. The Balaban J connectivity index is 2.94. The first-order valence-electron chi connectivity index (χ1n) is 5.84. The molecular weight excluding hydrogens is 302 g/mol. The number of carbonyl (C=O) groups is 1. The van der Waals surface area contributed by atoms with Crippen LogP contribution in [-0.2, 0) is 19.6 Å². The Morgan fingerprint density at radius 1 is 1.52 bits per heavy atom. The number of hydrogen-bond donors (Lipinski definition) is 0. The van der Waals surface area contributed by atoms with E-state index in [1.54, 1.807) is 0 Å². The minimum Gasteiger partial charge on any atom is -0.469 e. The van der Waals surface area contributed by atoms with Crippen molar-refractivity contribution >= 4 is 21.8 Å². The number of nitrogens with zero attached hydrogens (tertiary/aromatic N) is 3. The first kappa shape index (κ1) is 17.0. The lowest BCUT2D eigenvalue weighted by atomic mass is 10.2. The molecule has 0 aliphatic heterocycles. The molecule has 0 saturated heterocycles. The Kier molecular flexibility index (Phi) is 5.33. The van der Waals surface area contributed by atoms with Gasteiger partial charge in [-0.3, -0.25) is 4.79 Å². The fourth-order valence-corrected chi connectivity index (χ4v) is 2.78. The van der Waals surface area contributed by atoms with Crippen LogP contribution in [0.4, 0.5) is 5.82 Å². The molecule has 0 saturated carbocycles. The van der Waals surface area contributed by atoms with Crippen molar-refractivity contribution in [2.24, 2.45) is 5.92 Å². The van der Waals surface area contributed by atoms with Gasteiger partial charge in [0.25, 0.3) is 0 Å². The molecule has 1 heterocycles. The fourth-order valence-electron chi connectivity index (χ4n) is 1.57. The lowest BCUT2D eigenvalue weighted by Gasteiger charge is -2.19. The Labute approximate surface area is 121 Å². The molecule has 1 rings (SSSR count). The zero-order valence-electron chi connectivity index (χ0n) is 11.7. The third-order valence-corrected chi connectivity index (χ3v) is 4.56. The Bertz CT molecular complexity index is 628. The highest BCUT2D eigenvalue weighted by Gasteiger charge is 2.27. The molecular formula is C11H15N3O6S. The molecule has 0 fully saturated rings. The number of esters is 1. The van der Waals surface area contributed by atoms with Gasteiger partial charge in [-0.15, -0.1) is 0 Å². The first-order valence-corrected chi connectivity index (χ1v) is 7.28. The predicted molar refractivity (Wildman–Crippen MR) is 71.9 cm³/mol. The molecule has 1 aromatic rings. The summed E-state index contributed by atoms with van der Waals surface area (Å²) in [6.07, 6.45) is 0.909. The smallest absolute Gasteiger partial charge is 0.363 e. The van der Waals surface area contributed by atoms with Gasteiger partial charge in [-0.2, -0.15) is 4.31 Å². The van der Waals surface area contributed by atoms with Crippen LogP contribution in [0.15, 0.2) is 23.2 Å². The Morgan fingerprint density at radius 3 is 2.57 bits per heavy atom. The van der Waals surface area contributed by atoms with E-state index in [0.717, 1.165) is 22.6 Å². The van der Waals surface area contributed by atoms with Crippen LogP contribution in [0.2, 0.25) is 0 Å². The SMILES string of the molecule is COC(=O)C(C)CN(C)S(=O)(=O)c1ccc([N+](=O)[O-])nc1. The summed E-state index contributed by atoms with van der Waals surface area (Å²) in [5.74, 6) is -1.61. The van der Waals surface area contributed by atoms with Gasteiger partial charge >= 0.3 is 11.8 Å². The number of nitro groups is 1. The standard InChI is InChI=1S/C11H15N3O6S/c1-8(11(15)20-3)7-13(2)21(18,19)9-4-5-10(12-6-9)14(16)17/h4-6,8H,7H2,1-3H3. The van der Waals surface area contributed by atoms with Crippen LogP contribution in [0.3, 0.4) is 0 Å². The molecule has 0 aromatic carbocycles. The molecule has 10 heteroatoms. The average molecular weight is 317 g/mol. The van der Waals surface area contributed by atoms with Crippen LogP contribution < -0.4 is 0 Å². The summed E-state index contributed by atoms with van der Waals surface area (Å²) in [4.78, 5) is 24.3. The molecule has 0 aliphatic carbocycles. The second kappa shape index (κ2) is 6.59. The summed E-state index contributed by atoms with van der Waals surface area (Å²) in [5.41, 5.74) is 0. The highest BCUT2D eigenvalue weighted by Crippen LogP contribution is 2.17. The van der Waals surface area contributed by atoms with Crippen molar-refractivity contribution < 1.29 is 22.9 Å². The van der Waals surface area contributed by atoms with Gasteiger partial charge in [-0.25, -0.2) is 8.42 Å². The summed E-state index contributed by atoms with van der Waals surface area (Å²) in [5, 5.41) is 10.5. The largest absolute Gasteiger partial charge is 0.469 e. The zero-order chi connectivity index (χ0) is 16.2. The Hall–Kier alpha value is -2.07. The van der Waals surface area contributed by atoms with Crippen molar-refractivity contribution in [3.63, 3.8) is 0 Å². The van der Waals surface area contributed by atoms with E-state index < -0.39 is 32.7 Å². The van der Waals surface area contributed by atoms with Crippen LogP contribution in [0.25, 0.3) is 0 Å². The molecule has 21 heavy (non-hydrogen) atoms. The minimum atomic E-state index is -3.88. The van der Waals surface area contributed by atoms with Gasteiger partial charge in [0.15, 0.2) is 6.20 Å². The molecule has 1 aromatic heterocycles. The third-order valence-electron chi connectivity index (χ3n) is 2.75. The van der Waals surface area contributed by atoms with Crippen molar-refractivity contribution in [3.8, 4) is 0 Å². The van der Waals surface area contributed by atoms with Gasteiger partial charge in [0, 0.05) is 19.7 Å². The van der Waals surface area contributed by atoms with E-state index in [0.29, 0.717) is 0 Å². The van der Waals surface area contributed by atoms with Crippen molar-refractivity contribution in [3.05, 3.63) is 28.4 Å². The van der Waals surface area contributed by atoms with E-state index in [2.05, 4.69) is 9.72 Å². The summed E-state index contributed by atoms with van der Waals surface area (Å²) >= 11 is 0. The zero-order valence-corrected chi connectivity index (χ0v) is 12.5. The van der Waals surface area contributed by atoms with Gasteiger partial charge in [-0.1, -0.05) is 6.92 Å². The van der Waals surface area contributed by atoms with Crippen LogP contribution in [0, 0.1) is 16.0 Å². The lowest BCUT2D eigenvalue weighted by molar-refractivity contribution is -0.389. The summed E-state index contributed by atoms with van der Waals surface area (Å²) < 4.78 is 29.9. The second-order valence-electron chi connectivity index (χ2n) is 4.32. The maximum Gasteiger partial charge on any atom is 0.363 e. The highest BCUT2D eigenvalue weighted by molar-refractivity contribution is 7.89. The number of hydrogen-bond acceptors (Lipinski definition) is 7. The Morgan fingerprint density at radius 2 is 2.14 bits per heavy atom. The molecule has 0 bridgehead atoms. The maximum atomic E-state index is 12.2. The van der Waals surface area contributed by atoms with Crippen LogP contribution in [0.5, 0.6) is 0 Å². The van der Waals surface area contributed by atoms with Crippen LogP contribution in [0.1, 0.15) is 6.92 Å². The summed E-state index contributed by atoms with van der Waals surface area (Å²) in [7, 11) is -1.36. The molecule has 0 aliphatic rings. The van der Waals surface area contributed by atoms with E-state index in [-0.39, 0.29) is 11.4 Å². The molecule has 0 N–H and O–H groups in total. The molecule has 116 valence electrons. The maximum absolute atomic E-state index is 12.2. The monoisotopic (exact) mass is 317 g/mol. The normalized spacial score (nSPS) is 13.0. The predicted octanol–water partition coefficient (Wildman–Crippen LogP) is 0.419. The first-order chi connectivity index (χ1) is 9.70. The van der Waals surface area contributed by atoms with E-state index in [1.807, 2.05) is 0 Å². The third kappa shape index (κ3) is 3.95. The van der Waals surface area contributed by atoms with E-state index in [1.165, 1.54) is 21.1 Å². The van der Waals surface area contributed by atoms with E-state index in [4.69, 9.17) is 0 Å². The second-order valence-corrected chi connectivity index (χ2v) is 6.36. The molecule has 1 unspecified atom stereocenters. The molecule has 1 atom stereocenters. The minimum absolute atomic E-state index is 0.0774. The van der Waals surface area contributed by atoms with Crippen molar-refractivity contribution in [1.82, 2.24) is 9.29 Å². The number of sulfonamides is 1.